The van der Waals surface area contributed by atoms with Gasteiger partial charge in [-0.3, -0.25) is 14.9 Å². The first-order valence-corrected chi connectivity index (χ1v) is 7.12. The van der Waals surface area contributed by atoms with Gasteiger partial charge in [-0.25, -0.2) is 4.98 Å². The van der Waals surface area contributed by atoms with Crippen molar-refractivity contribution in [1.29, 1.82) is 0 Å². The normalized spacial score (nSPS) is 10.2. The molecule has 0 saturated heterocycles. The van der Waals surface area contributed by atoms with Gasteiger partial charge in [0, 0.05) is 5.56 Å². The summed E-state index contributed by atoms with van der Waals surface area (Å²) < 4.78 is 5.34. The van der Waals surface area contributed by atoms with Crippen LogP contribution in [0.3, 0.4) is 0 Å². The summed E-state index contributed by atoms with van der Waals surface area (Å²) in [7, 11) is 0. The highest BCUT2D eigenvalue weighted by atomic mass is 16.6. The Balaban J connectivity index is 1.99. The van der Waals surface area contributed by atoms with Gasteiger partial charge in [-0.15, -0.1) is 0 Å². The molecule has 7 heteroatoms. The summed E-state index contributed by atoms with van der Waals surface area (Å²) in [5, 5.41) is 13.4. The van der Waals surface area contributed by atoms with E-state index in [9.17, 15) is 14.9 Å². The third-order valence-electron chi connectivity index (χ3n) is 3.15. The molecule has 0 aliphatic carbocycles. The van der Waals surface area contributed by atoms with Crippen LogP contribution in [0.25, 0.3) is 0 Å². The number of hydrogen-bond donors (Lipinski definition) is 1. The maximum atomic E-state index is 12.0. The van der Waals surface area contributed by atoms with Crippen molar-refractivity contribution in [3.8, 4) is 5.75 Å². The summed E-state index contributed by atoms with van der Waals surface area (Å²) in [6.07, 6.45) is 1.33. The smallest absolute Gasteiger partial charge is 0.290 e. The minimum absolute atomic E-state index is 0.0745. The van der Waals surface area contributed by atoms with E-state index in [4.69, 9.17) is 4.74 Å². The van der Waals surface area contributed by atoms with Crippen molar-refractivity contribution in [3.05, 3.63) is 57.8 Å². The third-order valence-corrected chi connectivity index (χ3v) is 3.15. The molecule has 0 saturated carbocycles. The highest BCUT2D eigenvalue weighted by molar-refractivity contribution is 5.91. The Morgan fingerprint density at radius 1 is 1.35 bits per heavy atom. The number of amides is 1. The number of benzene rings is 1. The fourth-order valence-corrected chi connectivity index (χ4v) is 2.05. The number of ether oxygens (including phenoxy) is 1. The largest absolute Gasteiger partial charge is 0.494 e. The van der Waals surface area contributed by atoms with Crippen LogP contribution in [0.1, 0.15) is 18.1 Å². The topological polar surface area (TPSA) is 94.4 Å². The van der Waals surface area contributed by atoms with E-state index in [0.29, 0.717) is 18.0 Å². The lowest BCUT2D eigenvalue weighted by atomic mass is 10.1. The van der Waals surface area contributed by atoms with Crippen LogP contribution < -0.4 is 10.1 Å². The number of aryl methyl sites for hydroxylation is 1. The van der Waals surface area contributed by atoms with Gasteiger partial charge >= 0.3 is 0 Å². The number of carbonyl (C=O) groups excluding carboxylic acids is 1. The van der Waals surface area contributed by atoms with Crippen molar-refractivity contribution in [2.45, 2.75) is 20.3 Å². The van der Waals surface area contributed by atoms with E-state index in [-0.39, 0.29) is 18.0 Å². The van der Waals surface area contributed by atoms with E-state index >= 15 is 0 Å². The second-order valence-electron chi connectivity index (χ2n) is 4.92. The molecule has 1 amide bonds. The molecule has 0 unspecified atom stereocenters. The summed E-state index contributed by atoms with van der Waals surface area (Å²) in [5.74, 6) is 0.809. The summed E-state index contributed by atoms with van der Waals surface area (Å²) in [4.78, 5) is 26.1. The zero-order valence-electron chi connectivity index (χ0n) is 12.9. The number of pyridine rings is 1. The Bertz CT molecular complexity index is 714. The fourth-order valence-electron chi connectivity index (χ4n) is 2.05. The van der Waals surface area contributed by atoms with Crippen LogP contribution in [-0.2, 0) is 11.2 Å². The monoisotopic (exact) mass is 315 g/mol. The molecule has 0 aliphatic heterocycles. The number of nitrogens with zero attached hydrogens (tertiary/aromatic N) is 2. The highest BCUT2D eigenvalue weighted by Crippen LogP contribution is 2.19. The predicted octanol–water partition coefficient (Wildman–Crippen LogP) is 2.88. The SMILES string of the molecule is CCOc1ccc(CC(=O)Nc2cc(C)c([N+](=O)[O-])cn2)cc1. The summed E-state index contributed by atoms with van der Waals surface area (Å²) >= 11 is 0. The molecule has 1 aromatic heterocycles. The van der Waals surface area contributed by atoms with E-state index in [1.54, 1.807) is 19.1 Å². The molecule has 2 aromatic rings. The number of nitro groups is 1. The molecule has 0 aliphatic rings. The molecule has 1 N–H and O–H groups in total. The molecule has 1 aromatic carbocycles. The van der Waals surface area contributed by atoms with Crippen LogP contribution in [-0.4, -0.2) is 22.4 Å². The molecule has 0 spiro atoms. The molecule has 2 rings (SSSR count). The molecule has 1 heterocycles. The Kier molecular flexibility index (Phi) is 5.24. The lowest BCUT2D eigenvalue weighted by Crippen LogP contribution is -2.15. The summed E-state index contributed by atoms with van der Waals surface area (Å²) in [5.41, 5.74) is 1.21. The molecular weight excluding hydrogens is 298 g/mol. The first-order chi connectivity index (χ1) is 11.0. The molecule has 0 atom stereocenters. The molecule has 0 bridgehead atoms. The fraction of sp³-hybridized carbons (Fsp3) is 0.250. The minimum Gasteiger partial charge on any atom is -0.494 e. The highest BCUT2D eigenvalue weighted by Gasteiger charge is 2.13. The molecule has 0 fully saturated rings. The first-order valence-electron chi connectivity index (χ1n) is 7.12. The summed E-state index contributed by atoms with van der Waals surface area (Å²) in [6.45, 7) is 4.09. The van der Waals surface area contributed by atoms with E-state index in [1.165, 1.54) is 6.07 Å². The minimum atomic E-state index is -0.506. The second-order valence-corrected chi connectivity index (χ2v) is 4.92. The van der Waals surface area contributed by atoms with E-state index in [2.05, 4.69) is 10.3 Å². The second kappa shape index (κ2) is 7.35. The maximum Gasteiger partial charge on any atom is 0.290 e. The van der Waals surface area contributed by atoms with Crippen molar-refractivity contribution < 1.29 is 14.5 Å². The quantitative estimate of drug-likeness (QED) is 0.653. The van der Waals surface area contributed by atoms with Gasteiger partial charge in [0.05, 0.1) is 18.0 Å². The standard InChI is InChI=1S/C16H17N3O4/c1-3-23-13-6-4-12(5-7-13)9-16(20)18-15-8-11(2)14(10-17-15)19(21)22/h4-8,10H,3,9H2,1-2H3,(H,17,18,20). The van der Waals surface area contributed by atoms with Crippen LogP contribution in [0.15, 0.2) is 36.5 Å². The number of nitrogens with one attached hydrogen (secondary N) is 1. The van der Waals surface area contributed by atoms with Crippen molar-refractivity contribution >= 4 is 17.4 Å². The van der Waals surface area contributed by atoms with Crippen molar-refractivity contribution in [2.24, 2.45) is 0 Å². The van der Waals surface area contributed by atoms with Crippen LogP contribution >= 0.6 is 0 Å². The Morgan fingerprint density at radius 2 is 2.04 bits per heavy atom. The van der Waals surface area contributed by atoms with Gasteiger partial charge in [-0.05, 0) is 37.6 Å². The zero-order valence-corrected chi connectivity index (χ0v) is 12.9. The van der Waals surface area contributed by atoms with Gasteiger partial charge in [-0.1, -0.05) is 12.1 Å². The van der Waals surface area contributed by atoms with E-state index in [0.717, 1.165) is 17.5 Å². The third kappa shape index (κ3) is 4.50. The number of rotatable bonds is 6. The van der Waals surface area contributed by atoms with Gasteiger partial charge < -0.3 is 10.1 Å². The lowest BCUT2D eigenvalue weighted by Gasteiger charge is -2.07. The van der Waals surface area contributed by atoms with Gasteiger partial charge in [0.1, 0.15) is 17.8 Å². The molecule has 7 nitrogen and oxygen atoms in total. The van der Waals surface area contributed by atoms with Crippen LogP contribution in [0.2, 0.25) is 0 Å². The Labute approximate surface area is 133 Å². The van der Waals surface area contributed by atoms with Crippen molar-refractivity contribution in [2.75, 3.05) is 11.9 Å². The maximum absolute atomic E-state index is 12.0. The van der Waals surface area contributed by atoms with Crippen LogP contribution in [0, 0.1) is 17.0 Å². The Hall–Kier alpha value is -2.96. The average molecular weight is 315 g/mol. The number of carbonyl (C=O) groups is 1. The van der Waals surface area contributed by atoms with Crippen molar-refractivity contribution in [1.82, 2.24) is 4.98 Å². The zero-order chi connectivity index (χ0) is 16.8. The van der Waals surface area contributed by atoms with Gasteiger partial charge in [-0.2, -0.15) is 0 Å². The molecule has 23 heavy (non-hydrogen) atoms. The number of aromatic nitrogens is 1. The molecule has 0 radical (unpaired) electrons. The molecule has 120 valence electrons. The lowest BCUT2D eigenvalue weighted by molar-refractivity contribution is -0.385. The van der Waals surface area contributed by atoms with Gasteiger partial charge in [0.15, 0.2) is 0 Å². The number of hydrogen-bond acceptors (Lipinski definition) is 5. The number of anilines is 1. The van der Waals surface area contributed by atoms with E-state index in [1.807, 2.05) is 19.1 Å². The van der Waals surface area contributed by atoms with Crippen LogP contribution in [0.5, 0.6) is 5.75 Å². The van der Waals surface area contributed by atoms with Crippen molar-refractivity contribution in [3.63, 3.8) is 0 Å². The van der Waals surface area contributed by atoms with E-state index < -0.39 is 4.92 Å². The summed E-state index contributed by atoms with van der Waals surface area (Å²) in [6, 6.07) is 8.73. The van der Waals surface area contributed by atoms with Crippen LogP contribution in [0.4, 0.5) is 11.5 Å². The van der Waals surface area contributed by atoms with Gasteiger partial charge in [0.25, 0.3) is 5.69 Å². The first kappa shape index (κ1) is 16.4. The predicted molar refractivity (Wildman–Crippen MR) is 85.6 cm³/mol. The Morgan fingerprint density at radius 3 is 2.61 bits per heavy atom. The average Bonchev–Trinajstić information content (AvgIpc) is 2.49. The van der Waals surface area contributed by atoms with Gasteiger partial charge in [0.2, 0.25) is 5.91 Å². The molecular formula is C16H17N3O4.